The molecule has 1 aromatic rings. The molecule has 2 N–H and O–H groups in total. The summed E-state index contributed by atoms with van der Waals surface area (Å²) in [6.07, 6.45) is 0.425. The van der Waals surface area contributed by atoms with E-state index in [1.807, 2.05) is 13.0 Å². The van der Waals surface area contributed by atoms with Gasteiger partial charge in [0.2, 0.25) is 0 Å². The van der Waals surface area contributed by atoms with Gasteiger partial charge in [-0.2, -0.15) is 0 Å². The van der Waals surface area contributed by atoms with E-state index in [0.717, 1.165) is 10.0 Å². The van der Waals surface area contributed by atoms with Crippen molar-refractivity contribution in [1.82, 2.24) is 5.32 Å². The lowest BCUT2D eigenvalue weighted by Crippen LogP contribution is -2.27. The third-order valence-corrected chi connectivity index (χ3v) is 3.57. The second kappa shape index (κ2) is 6.54. The molecular weight excluding hydrogens is 298 g/mol. The predicted octanol–water partition coefficient (Wildman–Crippen LogP) is 2.60. The number of benzene rings is 1. The molecule has 98 valence electrons. The van der Waals surface area contributed by atoms with Crippen LogP contribution in [0.3, 0.4) is 0 Å². The fraction of sp³-hybridized carbons (Fsp3) is 0.385. The van der Waals surface area contributed by atoms with Crippen molar-refractivity contribution >= 4 is 27.8 Å². The van der Waals surface area contributed by atoms with Gasteiger partial charge < -0.3 is 10.4 Å². The minimum atomic E-state index is -0.845. The van der Waals surface area contributed by atoms with Crippen LogP contribution in [0.25, 0.3) is 0 Å². The van der Waals surface area contributed by atoms with E-state index >= 15 is 0 Å². The summed E-state index contributed by atoms with van der Waals surface area (Å²) in [6, 6.07) is 5.36. The van der Waals surface area contributed by atoms with Gasteiger partial charge in [-0.25, -0.2) is 0 Å². The van der Waals surface area contributed by atoms with Crippen LogP contribution in [0.4, 0.5) is 0 Å². The monoisotopic (exact) mass is 313 g/mol. The number of hydrogen-bond donors (Lipinski definition) is 2. The lowest BCUT2D eigenvalue weighted by molar-refractivity contribution is -0.141. The molecule has 0 fully saturated rings. The number of nitrogens with one attached hydrogen (secondary N) is 1. The van der Waals surface area contributed by atoms with Crippen LogP contribution in [0.5, 0.6) is 0 Å². The minimum Gasteiger partial charge on any atom is -0.481 e. The molecule has 1 aromatic carbocycles. The number of carboxylic acid groups (broad SMARTS) is 1. The smallest absolute Gasteiger partial charge is 0.306 e. The van der Waals surface area contributed by atoms with Crippen LogP contribution in [0.1, 0.15) is 29.3 Å². The number of carbonyl (C=O) groups is 2. The summed E-state index contributed by atoms with van der Waals surface area (Å²) in [7, 11) is 0. The molecule has 1 unspecified atom stereocenters. The van der Waals surface area contributed by atoms with Gasteiger partial charge in [0.25, 0.3) is 5.91 Å². The van der Waals surface area contributed by atoms with Crippen molar-refractivity contribution in [3.05, 3.63) is 33.8 Å². The number of hydrogen-bond acceptors (Lipinski definition) is 2. The molecular formula is C13H16BrNO3. The van der Waals surface area contributed by atoms with Gasteiger partial charge in [0.1, 0.15) is 0 Å². The molecule has 0 saturated carbocycles. The summed E-state index contributed by atoms with van der Waals surface area (Å²) in [4.78, 5) is 22.4. The third kappa shape index (κ3) is 4.14. The fourth-order valence-corrected chi connectivity index (χ4v) is 1.74. The summed E-state index contributed by atoms with van der Waals surface area (Å²) < 4.78 is 0.883. The Morgan fingerprint density at radius 2 is 2.11 bits per heavy atom. The van der Waals surface area contributed by atoms with Crippen LogP contribution < -0.4 is 5.32 Å². The van der Waals surface area contributed by atoms with E-state index < -0.39 is 11.9 Å². The number of carboxylic acids is 1. The number of amides is 1. The SMILES string of the molecule is Cc1ccc(C(=O)NCCC(C)C(=O)O)cc1Br. The van der Waals surface area contributed by atoms with E-state index in [0.29, 0.717) is 18.5 Å². The first-order chi connectivity index (χ1) is 8.41. The highest BCUT2D eigenvalue weighted by Crippen LogP contribution is 2.17. The Morgan fingerprint density at radius 1 is 1.44 bits per heavy atom. The molecule has 0 bridgehead atoms. The van der Waals surface area contributed by atoms with E-state index in [1.165, 1.54) is 0 Å². The normalized spacial score (nSPS) is 11.9. The Hall–Kier alpha value is -1.36. The van der Waals surface area contributed by atoms with Gasteiger partial charge in [-0.1, -0.05) is 28.9 Å². The number of carbonyl (C=O) groups excluding carboxylic acids is 1. The summed E-state index contributed by atoms with van der Waals surface area (Å²) in [6.45, 7) is 3.93. The van der Waals surface area contributed by atoms with Crippen molar-refractivity contribution in [2.75, 3.05) is 6.54 Å². The predicted molar refractivity (Wildman–Crippen MR) is 72.6 cm³/mol. The summed E-state index contributed by atoms with van der Waals surface area (Å²) in [5.41, 5.74) is 1.63. The summed E-state index contributed by atoms with van der Waals surface area (Å²) in [5.74, 6) is -1.48. The highest BCUT2D eigenvalue weighted by Gasteiger charge is 2.11. The summed E-state index contributed by atoms with van der Waals surface area (Å²) in [5, 5.41) is 11.4. The number of aryl methyl sites for hydroxylation is 1. The quantitative estimate of drug-likeness (QED) is 0.878. The Bertz CT molecular complexity index is 460. The maximum absolute atomic E-state index is 11.8. The Kier molecular flexibility index (Phi) is 5.34. The molecule has 0 radical (unpaired) electrons. The number of rotatable bonds is 5. The molecule has 0 saturated heterocycles. The molecule has 0 aromatic heterocycles. The highest BCUT2D eigenvalue weighted by atomic mass is 79.9. The third-order valence-electron chi connectivity index (χ3n) is 2.72. The van der Waals surface area contributed by atoms with Crippen molar-refractivity contribution in [2.24, 2.45) is 5.92 Å². The molecule has 0 aliphatic heterocycles. The lowest BCUT2D eigenvalue weighted by Gasteiger charge is -2.08. The van der Waals surface area contributed by atoms with Gasteiger partial charge in [-0.3, -0.25) is 9.59 Å². The van der Waals surface area contributed by atoms with Crippen molar-refractivity contribution in [3.8, 4) is 0 Å². The molecule has 0 spiro atoms. The molecule has 0 aliphatic rings. The van der Waals surface area contributed by atoms with Crippen LogP contribution >= 0.6 is 15.9 Å². The number of aliphatic carboxylic acids is 1. The van der Waals surface area contributed by atoms with Crippen molar-refractivity contribution in [2.45, 2.75) is 20.3 Å². The van der Waals surface area contributed by atoms with E-state index in [2.05, 4.69) is 21.2 Å². The second-order valence-electron chi connectivity index (χ2n) is 4.25. The fourth-order valence-electron chi connectivity index (χ4n) is 1.36. The van der Waals surface area contributed by atoms with Crippen molar-refractivity contribution in [1.29, 1.82) is 0 Å². The molecule has 1 amide bonds. The Balaban J connectivity index is 2.50. The van der Waals surface area contributed by atoms with Crippen LogP contribution in [0, 0.1) is 12.8 Å². The molecule has 0 heterocycles. The first-order valence-corrected chi connectivity index (χ1v) is 6.48. The zero-order chi connectivity index (χ0) is 13.7. The molecule has 0 aliphatic carbocycles. The van der Waals surface area contributed by atoms with E-state index in [1.54, 1.807) is 19.1 Å². The molecule has 1 rings (SSSR count). The molecule has 1 atom stereocenters. The first-order valence-electron chi connectivity index (χ1n) is 5.69. The Morgan fingerprint density at radius 3 is 2.67 bits per heavy atom. The van der Waals surface area contributed by atoms with Gasteiger partial charge in [0.15, 0.2) is 0 Å². The first kappa shape index (κ1) is 14.7. The van der Waals surface area contributed by atoms with Crippen molar-refractivity contribution in [3.63, 3.8) is 0 Å². The minimum absolute atomic E-state index is 0.187. The van der Waals surface area contributed by atoms with Gasteiger partial charge in [0, 0.05) is 16.6 Å². The zero-order valence-corrected chi connectivity index (χ0v) is 12.0. The van der Waals surface area contributed by atoms with E-state index in [9.17, 15) is 9.59 Å². The van der Waals surface area contributed by atoms with Gasteiger partial charge in [0.05, 0.1) is 5.92 Å². The van der Waals surface area contributed by atoms with E-state index in [-0.39, 0.29) is 5.91 Å². The largest absolute Gasteiger partial charge is 0.481 e. The standard InChI is InChI=1S/C13H16BrNO3/c1-8-3-4-10(7-11(8)14)12(16)15-6-5-9(2)13(17)18/h3-4,7,9H,5-6H2,1-2H3,(H,15,16)(H,17,18). The highest BCUT2D eigenvalue weighted by molar-refractivity contribution is 9.10. The average Bonchev–Trinajstić information content (AvgIpc) is 2.32. The topological polar surface area (TPSA) is 66.4 Å². The molecule has 4 nitrogen and oxygen atoms in total. The zero-order valence-electron chi connectivity index (χ0n) is 10.4. The van der Waals surface area contributed by atoms with E-state index in [4.69, 9.17) is 5.11 Å². The maximum Gasteiger partial charge on any atom is 0.306 e. The second-order valence-corrected chi connectivity index (χ2v) is 5.10. The van der Waals surface area contributed by atoms with Crippen LogP contribution in [0.15, 0.2) is 22.7 Å². The van der Waals surface area contributed by atoms with Crippen LogP contribution in [-0.2, 0) is 4.79 Å². The van der Waals surface area contributed by atoms with Gasteiger partial charge in [-0.05, 0) is 31.0 Å². The average molecular weight is 314 g/mol. The Labute approximate surface area is 115 Å². The van der Waals surface area contributed by atoms with Crippen LogP contribution in [0.2, 0.25) is 0 Å². The maximum atomic E-state index is 11.8. The molecule has 18 heavy (non-hydrogen) atoms. The lowest BCUT2D eigenvalue weighted by atomic mass is 10.1. The molecule has 5 heteroatoms. The number of halogens is 1. The van der Waals surface area contributed by atoms with Gasteiger partial charge >= 0.3 is 5.97 Å². The van der Waals surface area contributed by atoms with Gasteiger partial charge in [-0.15, -0.1) is 0 Å². The summed E-state index contributed by atoms with van der Waals surface area (Å²) >= 11 is 3.37. The van der Waals surface area contributed by atoms with Crippen molar-refractivity contribution < 1.29 is 14.7 Å². The van der Waals surface area contributed by atoms with Crippen LogP contribution in [-0.4, -0.2) is 23.5 Å².